The van der Waals surface area contributed by atoms with Crippen LogP contribution in [0.4, 0.5) is 0 Å². The summed E-state index contributed by atoms with van der Waals surface area (Å²) in [5.74, 6) is -1.11. The molecule has 0 aromatic heterocycles. The van der Waals surface area contributed by atoms with Crippen molar-refractivity contribution in [3.05, 3.63) is 0 Å². The topological polar surface area (TPSA) is 244 Å². The molecule has 15 atom stereocenters. The molecule has 4 rings (SSSR count). The molecule has 0 radical (unpaired) electrons. The Morgan fingerprint density at radius 3 is 2.35 bits per heavy atom. The summed E-state index contributed by atoms with van der Waals surface area (Å²) in [4.78, 5) is 24.7. The van der Waals surface area contributed by atoms with Gasteiger partial charge >= 0.3 is 0 Å². The number of carbonyl (C=O) groups is 2. The second-order valence-electron chi connectivity index (χ2n) is 10.2. The predicted octanol–water partition coefficient (Wildman–Crippen LogP) is -5.59. The maximum Gasteiger partial charge on any atom is 0.246 e. The maximum atomic E-state index is 12.5. The van der Waals surface area contributed by atoms with Gasteiger partial charge in [0.1, 0.15) is 73.7 Å². The number of ether oxygens (including phenoxy) is 7. The molecular formula is C23H38N2O15. The van der Waals surface area contributed by atoms with Gasteiger partial charge < -0.3 is 74.4 Å². The van der Waals surface area contributed by atoms with Crippen molar-refractivity contribution in [2.24, 2.45) is 0 Å². The molecule has 4 aliphatic heterocycles. The first-order valence-electron chi connectivity index (χ1n) is 12.9. The van der Waals surface area contributed by atoms with Crippen LogP contribution in [0.15, 0.2) is 0 Å². The molecule has 40 heavy (non-hydrogen) atoms. The van der Waals surface area contributed by atoms with Gasteiger partial charge in [0, 0.05) is 20.6 Å². The average Bonchev–Trinajstić information content (AvgIpc) is 2.92. The lowest BCUT2D eigenvalue weighted by atomic mass is 9.94. The Morgan fingerprint density at radius 2 is 1.70 bits per heavy atom. The van der Waals surface area contributed by atoms with Gasteiger partial charge in [0.15, 0.2) is 18.9 Å². The van der Waals surface area contributed by atoms with Gasteiger partial charge in [-0.3, -0.25) is 9.59 Å². The van der Waals surface area contributed by atoms with Crippen LogP contribution < -0.4 is 10.6 Å². The van der Waals surface area contributed by atoms with Gasteiger partial charge in [-0.1, -0.05) is 0 Å². The highest BCUT2D eigenvalue weighted by atomic mass is 16.8. The lowest BCUT2D eigenvalue weighted by molar-refractivity contribution is -0.372. The molecule has 8 N–H and O–H groups in total. The first-order valence-corrected chi connectivity index (χ1v) is 12.9. The molecule has 4 heterocycles. The van der Waals surface area contributed by atoms with Crippen LogP contribution in [-0.4, -0.2) is 161 Å². The van der Waals surface area contributed by atoms with Crippen LogP contribution in [-0.2, 0) is 42.7 Å². The first kappa shape index (κ1) is 31.4. The number of hydrogen-bond acceptors (Lipinski definition) is 15. The number of amides is 2. The molecule has 230 valence electrons. The summed E-state index contributed by atoms with van der Waals surface area (Å²) in [6.45, 7) is 1.31. The third-order valence-electron chi connectivity index (χ3n) is 7.37. The zero-order valence-corrected chi connectivity index (χ0v) is 22.1. The molecule has 4 fully saturated rings. The van der Waals surface area contributed by atoms with Gasteiger partial charge in [0.2, 0.25) is 11.8 Å². The summed E-state index contributed by atoms with van der Waals surface area (Å²) in [6, 6.07) is -1.12. The van der Waals surface area contributed by atoms with Crippen LogP contribution in [0.1, 0.15) is 13.8 Å². The Morgan fingerprint density at radius 1 is 0.975 bits per heavy atom. The number of carbonyl (C=O) groups excluding carboxylic acids is 2. The Bertz CT molecular complexity index is 883. The standard InChI is InChI=1S/C23H38N2O15/c1-7-13(29)15(31)17(33)22(36-7)40-19-12(25-8(2)27)21(34-3)37-9-4-24-11(28)6-35-20-16(32)14(30)10(5-26)38-23(20)39-18(9)19/h7,9-10,12-23,26,29-33H,4-6H2,1-3H3,(H,24,28)(H,25,27)/t7-,9-,10-,12-,13+,14+,15+,16+,17-,18-,19-,20+,21-,22-,23+/m1/s1. The number of nitrogens with one attached hydrogen (secondary N) is 2. The fraction of sp³-hybridized carbons (Fsp3) is 0.913. The van der Waals surface area contributed by atoms with E-state index < -0.39 is 117 Å². The maximum absolute atomic E-state index is 12.5. The van der Waals surface area contributed by atoms with E-state index in [-0.39, 0.29) is 6.54 Å². The zero-order chi connectivity index (χ0) is 29.3. The van der Waals surface area contributed by atoms with Crippen LogP contribution in [0.5, 0.6) is 0 Å². The summed E-state index contributed by atoms with van der Waals surface area (Å²) >= 11 is 0. The van der Waals surface area contributed by atoms with Crippen molar-refractivity contribution in [1.29, 1.82) is 0 Å². The molecule has 4 aliphatic rings. The van der Waals surface area contributed by atoms with Crippen molar-refractivity contribution in [2.45, 2.75) is 106 Å². The Labute approximate surface area is 229 Å². The molecule has 2 amide bonds. The van der Waals surface area contributed by atoms with Crippen LogP contribution in [0, 0.1) is 0 Å². The smallest absolute Gasteiger partial charge is 0.246 e. The van der Waals surface area contributed by atoms with Crippen molar-refractivity contribution in [3.8, 4) is 0 Å². The van der Waals surface area contributed by atoms with Crippen LogP contribution in [0.3, 0.4) is 0 Å². The lowest BCUT2D eigenvalue weighted by Gasteiger charge is -2.50. The molecule has 0 unspecified atom stereocenters. The third kappa shape index (κ3) is 6.41. The van der Waals surface area contributed by atoms with E-state index in [4.69, 9.17) is 33.2 Å². The van der Waals surface area contributed by atoms with E-state index in [0.717, 1.165) is 0 Å². The van der Waals surface area contributed by atoms with E-state index >= 15 is 0 Å². The fourth-order valence-corrected chi connectivity index (χ4v) is 5.20. The first-order chi connectivity index (χ1) is 19.0. The SMILES string of the molecule is CO[C@@H]1O[C@@H]2CNC(=O)CO[C@@H]3[C@H](O[C@H]2[C@H](O[C@H]2O[C@H](C)[C@H](O)[C@H](O)[C@H]2O)[C@H]1NC(C)=O)O[C@H](CO)[C@H](O)[C@@H]3O. The van der Waals surface area contributed by atoms with Gasteiger partial charge in [-0.15, -0.1) is 0 Å². The normalized spacial score (nSPS) is 48.3. The summed E-state index contributed by atoms with van der Waals surface area (Å²) in [5.41, 5.74) is 0. The van der Waals surface area contributed by atoms with Crippen molar-refractivity contribution >= 4 is 11.8 Å². The fourth-order valence-electron chi connectivity index (χ4n) is 5.20. The number of fused-ring (bicyclic) bond motifs is 2. The summed E-state index contributed by atoms with van der Waals surface area (Å²) in [5, 5.41) is 67.1. The second kappa shape index (κ2) is 13.2. The quantitative estimate of drug-likeness (QED) is 0.151. The average molecular weight is 583 g/mol. The molecule has 17 heteroatoms. The Balaban J connectivity index is 1.72. The van der Waals surface area contributed by atoms with Gasteiger partial charge in [-0.05, 0) is 6.92 Å². The largest absolute Gasteiger partial charge is 0.394 e. The number of aliphatic hydroxyl groups is 6. The molecule has 0 aromatic rings. The van der Waals surface area contributed by atoms with E-state index in [1.54, 1.807) is 0 Å². The summed E-state index contributed by atoms with van der Waals surface area (Å²) in [7, 11) is 1.31. The van der Waals surface area contributed by atoms with Crippen molar-refractivity contribution in [2.75, 3.05) is 26.9 Å². The Kier molecular flexibility index (Phi) is 10.3. The second-order valence-corrected chi connectivity index (χ2v) is 10.2. The number of hydrogen-bond donors (Lipinski definition) is 8. The molecule has 4 saturated heterocycles. The Hall–Kier alpha value is -1.58. The lowest BCUT2D eigenvalue weighted by Crippen LogP contribution is -2.70. The molecule has 0 saturated carbocycles. The van der Waals surface area contributed by atoms with E-state index in [2.05, 4.69) is 10.6 Å². The van der Waals surface area contributed by atoms with Crippen LogP contribution in [0.2, 0.25) is 0 Å². The molecule has 0 aliphatic carbocycles. The van der Waals surface area contributed by atoms with Crippen molar-refractivity contribution < 1.29 is 73.4 Å². The van der Waals surface area contributed by atoms with Gasteiger partial charge in [0.05, 0.1) is 12.7 Å². The minimum atomic E-state index is -1.72. The number of aliphatic hydroxyl groups excluding tert-OH is 6. The van der Waals surface area contributed by atoms with E-state index in [9.17, 15) is 40.2 Å². The predicted molar refractivity (Wildman–Crippen MR) is 126 cm³/mol. The monoisotopic (exact) mass is 582 g/mol. The van der Waals surface area contributed by atoms with Gasteiger partial charge in [0.25, 0.3) is 0 Å². The van der Waals surface area contributed by atoms with Gasteiger partial charge in [-0.25, -0.2) is 0 Å². The van der Waals surface area contributed by atoms with E-state index in [0.29, 0.717) is 0 Å². The number of methoxy groups -OCH3 is 1. The van der Waals surface area contributed by atoms with Crippen molar-refractivity contribution in [1.82, 2.24) is 10.6 Å². The molecular weight excluding hydrogens is 544 g/mol. The van der Waals surface area contributed by atoms with Crippen LogP contribution >= 0.6 is 0 Å². The minimum Gasteiger partial charge on any atom is -0.394 e. The van der Waals surface area contributed by atoms with Crippen LogP contribution in [0.25, 0.3) is 0 Å². The third-order valence-corrected chi connectivity index (χ3v) is 7.37. The number of rotatable bonds is 5. The summed E-state index contributed by atoms with van der Waals surface area (Å²) < 4.78 is 40.6. The molecule has 0 bridgehead atoms. The highest BCUT2D eigenvalue weighted by molar-refractivity contribution is 5.77. The minimum absolute atomic E-state index is 0.169. The highest BCUT2D eigenvalue weighted by Crippen LogP contribution is 2.34. The van der Waals surface area contributed by atoms with Crippen molar-refractivity contribution in [3.63, 3.8) is 0 Å². The zero-order valence-electron chi connectivity index (χ0n) is 22.1. The highest BCUT2D eigenvalue weighted by Gasteiger charge is 2.55. The van der Waals surface area contributed by atoms with E-state index in [1.807, 2.05) is 0 Å². The molecule has 0 spiro atoms. The molecule has 0 aromatic carbocycles. The van der Waals surface area contributed by atoms with Gasteiger partial charge in [-0.2, -0.15) is 0 Å². The van der Waals surface area contributed by atoms with E-state index in [1.165, 1.54) is 21.0 Å². The summed E-state index contributed by atoms with van der Waals surface area (Å²) in [6.07, 6.45) is -19.4. The molecule has 17 nitrogen and oxygen atoms in total.